The molecule has 1 aliphatic carbocycles. The van der Waals surface area contributed by atoms with E-state index in [4.69, 9.17) is 14.2 Å². The lowest BCUT2D eigenvalue weighted by atomic mass is 9.87. The largest absolute Gasteiger partial charge is 0.493 e. The molecule has 1 fully saturated rings. The highest BCUT2D eigenvalue weighted by atomic mass is 16.5. The van der Waals surface area contributed by atoms with Crippen LogP contribution in [-0.4, -0.2) is 11.6 Å². The van der Waals surface area contributed by atoms with Gasteiger partial charge in [0, 0.05) is 6.07 Å². The van der Waals surface area contributed by atoms with Gasteiger partial charge >= 0.3 is 0 Å². The number of rotatable bonds is 10. The summed E-state index contributed by atoms with van der Waals surface area (Å²) >= 11 is 0. The van der Waals surface area contributed by atoms with Crippen LogP contribution in [0.4, 0.5) is 0 Å². The number of ether oxygens (including phenoxy) is 3. The van der Waals surface area contributed by atoms with Gasteiger partial charge in [-0.1, -0.05) is 32.9 Å². The van der Waals surface area contributed by atoms with Gasteiger partial charge in [-0.25, -0.2) is 0 Å². The Morgan fingerprint density at radius 3 is 2.31 bits per heavy atom. The van der Waals surface area contributed by atoms with Crippen LogP contribution in [0, 0.1) is 18.8 Å². The van der Waals surface area contributed by atoms with Crippen LogP contribution >= 0.6 is 0 Å². The van der Waals surface area contributed by atoms with Gasteiger partial charge in [0.2, 0.25) is 0 Å². The number of benzene rings is 2. The van der Waals surface area contributed by atoms with Crippen molar-refractivity contribution >= 4 is 0 Å². The lowest BCUT2D eigenvalue weighted by molar-refractivity contribution is 0.298. The molecule has 1 aliphatic rings. The second-order valence-electron chi connectivity index (χ2n) is 9.16. The van der Waals surface area contributed by atoms with Crippen molar-refractivity contribution in [3.8, 4) is 23.0 Å². The molecule has 0 aliphatic heterocycles. The minimum absolute atomic E-state index is 0.420. The van der Waals surface area contributed by atoms with Crippen molar-refractivity contribution < 1.29 is 14.2 Å². The van der Waals surface area contributed by atoms with E-state index in [-0.39, 0.29) is 0 Å². The summed E-state index contributed by atoms with van der Waals surface area (Å²) in [5, 5.41) is 0. The fourth-order valence-electron chi connectivity index (χ4n) is 3.58. The summed E-state index contributed by atoms with van der Waals surface area (Å²) in [4.78, 5) is 4.49. The minimum atomic E-state index is 0.420. The van der Waals surface area contributed by atoms with Crippen molar-refractivity contribution in [1.82, 2.24) is 4.98 Å². The van der Waals surface area contributed by atoms with E-state index < -0.39 is 0 Å². The summed E-state index contributed by atoms with van der Waals surface area (Å²) < 4.78 is 17.7. The molecule has 0 spiro atoms. The fraction of sp³-hybridized carbons (Fsp3) is 0.393. The number of hydrogen-bond donors (Lipinski definition) is 0. The zero-order chi connectivity index (χ0) is 22.5. The number of nitrogens with zero attached hydrogens (tertiary/aromatic N) is 1. The molecule has 4 heteroatoms. The fourth-order valence-corrected chi connectivity index (χ4v) is 3.58. The average molecular weight is 432 g/mol. The number of hydrogen-bond acceptors (Lipinski definition) is 4. The molecule has 0 amide bonds. The van der Waals surface area contributed by atoms with Crippen molar-refractivity contribution in [2.24, 2.45) is 11.8 Å². The molecule has 0 N–H and O–H groups in total. The Morgan fingerprint density at radius 2 is 1.62 bits per heavy atom. The quantitative estimate of drug-likeness (QED) is 0.337. The first-order valence-electron chi connectivity index (χ1n) is 11.6. The Hall–Kier alpha value is -3.01. The third kappa shape index (κ3) is 6.03. The Bertz CT molecular complexity index is 1030. The summed E-state index contributed by atoms with van der Waals surface area (Å²) in [5.74, 6) is 5.02. The van der Waals surface area contributed by atoms with E-state index in [0.29, 0.717) is 24.2 Å². The third-order valence-electron chi connectivity index (χ3n) is 6.14. The molecule has 3 aromatic rings. The zero-order valence-electron chi connectivity index (χ0n) is 19.5. The van der Waals surface area contributed by atoms with Crippen molar-refractivity contribution in [3.63, 3.8) is 0 Å². The maximum atomic E-state index is 5.97. The summed E-state index contributed by atoms with van der Waals surface area (Å²) in [6, 6.07) is 18.0. The Labute approximate surface area is 191 Å². The highest BCUT2D eigenvalue weighted by molar-refractivity contribution is 5.38. The zero-order valence-corrected chi connectivity index (χ0v) is 19.5. The van der Waals surface area contributed by atoms with Gasteiger partial charge in [-0.05, 0) is 85.0 Å². The van der Waals surface area contributed by atoms with Crippen LogP contribution in [0.25, 0.3) is 0 Å². The smallest absolute Gasteiger partial charge is 0.145 e. The van der Waals surface area contributed by atoms with Gasteiger partial charge in [0.25, 0.3) is 0 Å². The minimum Gasteiger partial charge on any atom is -0.493 e. The molecule has 4 nitrogen and oxygen atoms in total. The lowest BCUT2D eigenvalue weighted by Crippen LogP contribution is -2.05. The monoisotopic (exact) mass is 431 g/mol. The van der Waals surface area contributed by atoms with Crippen molar-refractivity contribution in [1.29, 1.82) is 0 Å². The molecule has 0 radical (unpaired) electrons. The maximum absolute atomic E-state index is 5.97. The molecule has 1 heterocycles. The molecule has 32 heavy (non-hydrogen) atoms. The predicted molar refractivity (Wildman–Crippen MR) is 128 cm³/mol. The molecule has 168 valence electrons. The van der Waals surface area contributed by atoms with E-state index in [1.807, 2.05) is 36.4 Å². The molecular formula is C28H33NO3. The summed E-state index contributed by atoms with van der Waals surface area (Å²) in [5.41, 5.74) is 3.51. The van der Waals surface area contributed by atoms with Crippen LogP contribution in [-0.2, 0) is 6.61 Å². The van der Waals surface area contributed by atoms with Crippen molar-refractivity contribution in [2.45, 2.75) is 53.1 Å². The summed E-state index contributed by atoms with van der Waals surface area (Å²) in [6.45, 7) is 10.2. The van der Waals surface area contributed by atoms with Crippen LogP contribution in [0.2, 0.25) is 0 Å². The van der Waals surface area contributed by atoms with Crippen LogP contribution in [0.15, 0.2) is 60.8 Å². The van der Waals surface area contributed by atoms with Crippen LogP contribution in [0.1, 0.15) is 56.4 Å². The second-order valence-corrected chi connectivity index (χ2v) is 9.16. The normalized spacial score (nSPS) is 14.3. The third-order valence-corrected chi connectivity index (χ3v) is 6.14. The van der Waals surface area contributed by atoms with Crippen LogP contribution < -0.4 is 14.2 Å². The Kier molecular flexibility index (Phi) is 6.99. The number of aryl methyl sites for hydroxylation is 1. The van der Waals surface area contributed by atoms with E-state index in [0.717, 1.165) is 35.5 Å². The summed E-state index contributed by atoms with van der Waals surface area (Å²) in [7, 11) is 0. The average Bonchev–Trinajstić information content (AvgIpc) is 3.62. The SMILES string of the molecule is Cc1cc(OCc2ccc(Oc3cccc(OCC4CC4)c3)cn2)ccc1C(C)C(C)C. The molecule has 4 rings (SSSR count). The molecule has 2 aromatic carbocycles. The maximum Gasteiger partial charge on any atom is 0.145 e. The van der Waals surface area contributed by atoms with Gasteiger partial charge in [0.15, 0.2) is 0 Å². The van der Waals surface area contributed by atoms with E-state index in [9.17, 15) is 0 Å². The first-order valence-corrected chi connectivity index (χ1v) is 11.6. The standard InChI is InChI=1S/C28H33NO3/c1-19(2)21(4)28-13-12-25(14-20(28)3)31-18-23-10-11-27(16-29-23)32-26-7-5-6-24(15-26)30-17-22-8-9-22/h5-7,10-16,19,21-22H,8-9,17-18H2,1-4H3. The second kappa shape index (κ2) is 10.1. The van der Waals surface area contributed by atoms with Crippen LogP contribution in [0.5, 0.6) is 23.0 Å². The molecule has 1 saturated carbocycles. The van der Waals surface area contributed by atoms with Crippen molar-refractivity contribution in [2.75, 3.05) is 6.61 Å². The first kappa shape index (κ1) is 22.2. The van der Waals surface area contributed by atoms with Gasteiger partial charge in [-0.3, -0.25) is 4.98 Å². The number of pyridine rings is 1. The predicted octanol–water partition coefficient (Wildman–Crippen LogP) is 7.31. The molecular weight excluding hydrogens is 398 g/mol. The van der Waals surface area contributed by atoms with E-state index >= 15 is 0 Å². The van der Waals surface area contributed by atoms with Gasteiger partial charge < -0.3 is 14.2 Å². The van der Waals surface area contributed by atoms with Gasteiger partial charge in [-0.2, -0.15) is 0 Å². The summed E-state index contributed by atoms with van der Waals surface area (Å²) in [6.07, 6.45) is 4.29. The van der Waals surface area contributed by atoms with Crippen LogP contribution in [0.3, 0.4) is 0 Å². The van der Waals surface area contributed by atoms with Gasteiger partial charge in [-0.15, -0.1) is 0 Å². The Morgan fingerprint density at radius 1 is 0.875 bits per heavy atom. The Balaban J connectivity index is 1.31. The van der Waals surface area contributed by atoms with Gasteiger partial charge in [0.1, 0.15) is 29.6 Å². The molecule has 1 unspecified atom stereocenters. The first-order chi connectivity index (χ1) is 15.5. The molecule has 0 bridgehead atoms. The van der Waals surface area contributed by atoms with E-state index in [2.05, 4.69) is 50.9 Å². The lowest BCUT2D eigenvalue weighted by Gasteiger charge is -2.19. The highest BCUT2D eigenvalue weighted by Crippen LogP contribution is 2.31. The highest BCUT2D eigenvalue weighted by Gasteiger charge is 2.21. The van der Waals surface area contributed by atoms with E-state index in [1.165, 1.54) is 24.0 Å². The van der Waals surface area contributed by atoms with Crippen molar-refractivity contribution in [3.05, 3.63) is 77.6 Å². The van der Waals surface area contributed by atoms with E-state index in [1.54, 1.807) is 6.20 Å². The topological polar surface area (TPSA) is 40.6 Å². The molecule has 1 atom stereocenters. The number of aromatic nitrogens is 1. The van der Waals surface area contributed by atoms with Gasteiger partial charge in [0.05, 0.1) is 18.5 Å². The molecule has 1 aromatic heterocycles. The molecule has 0 saturated heterocycles.